The van der Waals surface area contributed by atoms with Gasteiger partial charge in [-0.15, -0.1) is 0 Å². The molecule has 0 saturated heterocycles. The van der Waals surface area contributed by atoms with Crippen LogP contribution in [0.15, 0.2) is 0 Å². The van der Waals surface area contributed by atoms with Crippen LogP contribution in [0.1, 0.15) is 398 Å². The molecule has 0 aliphatic heterocycles. The molecule has 0 bridgehead atoms. The number of likely N-dealkylation sites (N-methyl/N-ethyl adjacent to an activating group) is 2. The molecule has 2 unspecified atom stereocenters. The summed E-state index contributed by atoms with van der Waals surface area (Å²) in [4.78, 5) is 51.1. The van der Waals surface area contributed by atoms with Crippen molar-refractivity contribution in [1.82, 2.24) is 20.4 Å². The standard InChI is InChI=1S/C24H48NO3.C23H46N2O.C22H44NO3.C21H42N2O/c1-25(2,3)20-23(26)21-28-24(27)19-13-11-9-7-5-4-6-8-10-12-16-22-17-14-15-18-22;1-25(2)21-15-20-24-23(26)19-12-10-8-6-4-3-5-7-9-11-16-22-17-13-14-18-22;1-23(2,3)18-21(24)19-26-22(25)17-11-9-7-5-4-6-8-10-14-20-15-12-13-16-20;1-23(2)19-13-18-22-21(24)17-10-8-6-4-3-5-7-9-14-20-15-11-12-16-20/h22-23,26H,4-21H2,1-3H3;22H,3-21H2,1-2H3,(H,24,26);20-21,24H,4-19H2,1-3H3;20H,3-19H2,1-2H3,(H,22,24)/q+1;;+1;. The lowest BCUT2D eigenvalue weighted by molar-refractivity contribution is -0.873. The summed E-state index contributed by atoms with van der Waals surface area (Å²) in [5, 5.41) is 25.7. The Morgan fingerprint density at radius 2 is 0.519 bits per heavy atom. The number of hydrogen-bond acceptors (Lipinski definition) is 10. The quantitative estimate of drug-likeness (QED) is 0.0262. The van der Waals surface area contributed by atoms with Crippen molar-refractivity contribution >= 4 is 23.8 Å². The number of hydrogen-bond donors (Lipinski definition) is 4. The second-order valence-electron chi connectivity index (χ2n) is 36.1. The number of aliphatic hydroxyl groups excluding tert-OH is 2. The SMILES string of the molecule is CN(C)CCCNC(=O)CCCCCCCCCCC1CCCC1.CN(C)CCCNC(=O)CCCCCCCCCCCCC1CCCC1.C[N+](C)(C)CC(O)COC(=O)CCCCCCCCCCC1CCCC1.C[N+](C)(C)CC(O)COC(=O)CCCCCCCCCCCCC1CCCC1. The van der Waals surface area contributed by atoms with Gasteiger partial charge >= 0.3 is 11.9 Å². The summed E-state index contributed by atoms with van der Waals surface area (Å²) in [6.07, 6.45) is 80.3. The number of carbonyl (C=O) groups is 4. The van der Waals surface area contributed by atoms with Crippen LogP contribution in [-0.4, -0.2) is 188 Å². The number of unbranched alkanes of at least 4 members (excludes halogenated alkanes) is 32. The molecule has 0 aromatic rings. The van der Waals surface area contributed by atoms with Gasteiger partial charge in [0.05, 0.1) is 42.3 Å². The Morgan fingerprint density at radius 3 is 0.731 bits per heavy atom. The predicted octanol–water partition coefficient (Wildman–Crippen LogP) is 21.2. The molecule has 4 fully saturated rings. The van der Waals surface area contributed by atoms with Crippen molar-refractivity contribution in [2.45, 2.75) is 410 Å². The maximum absolute atomic E-state index is 11.7. The van der Waals surface area contributed by atoms with Gasteiger partial charge in [0.1, 0.15) is 38.5 Å². The van der Waals surface area contributed by atoms with E-state index in [9.17, 15) is 29.4 Å². The number of nitrogens with one attached hydrogen (secondary N) is 2. The Labute approximate surface area is 645 Å². The molecule has 0 spiro atoms. The molecule has 2 amide bonds. The van der Waals surface area contributed by atoms with E-state index in [1.165, 1.54) is 321 Å². The number of aliphatic hydroxyl groups is 2. The maximum Gasteiger partial charge on any atom is 0.305 e. The van der Waals surface area contributed by atoms with Crippen molar-refractivity contribution in [3.63, 3.8) is 0 Å². The second kappa shape index (κ2) is 69.8. The Kier molecular flexibility index (Phi) is 66.9. The van der Waals surface area contributed by atoms with Crippen LogP contribution < -0.4 is 10.6 Å². The van der Waals surface area contributed by atoms with Crippen molar-refractivity contribution in [3.05, 3.63) is 0 Å². The van der Waals surface area contributed by atoms with Gasteiger partial charge in [-0.3, -0.25) is 19.2 Å². The minimum atomic E-state index is -0.577. The number of carbonyl (C=O) groups excluding carboxylic acids is 4. The van der Waals surface area contributed by atoms with Crippen molar-refractivity contribution in [2.24, 2.45) is 23.7 Å². The lowest BCUT2D eigenvalue weighted by Gasteiger charge is -2.26. The van der Waals surface area contributed by atoms with E-state index in [1.54, 1.807) is 0 Å². The van der Waals surface area contributed by atoms with Gasteiger partial charge in [-0.05, 0) is 103 Å². The van der Waals surface area contributed by atoms with Crippen molar-refractivity contribution in [2.75, 3.05) is 123 Å². The minimum absolute atomic E-state index is 0.120. The Balaban J connectivity index is 0.000000694. The summed E-state index contributed by atoms with van der Waals surface area (Å²) in [7, 11) is 20.4. The highest BCUT2D eigenvalue weighted by Crippen LogP contribution is 2.32. The number of amides is 2. The monoisotopic (exact) mass is 1470 g/mol. The molecule has 104 heavy (non-hydrogen) atoms. The van der Waals surface area contributed by atoms with Gasteiger partial charge in [0, 0.05) is 38.8 Å². The number of esters is 2. The van der Waals surface area contributed by atoms with Crippen molar-refractivity contribution < 1.29 is 47.8 Å². The van der Waals surface area contributed by atoms with Crippen molar-refractivity contribution in [1.29, 1.82) is 0 Å². The zero-order valence-corrected chi connectivity index (χ0v) is 71.1. The van der Waals surface area contributed by atoms with E-state index >= 15 is 0 Å². The van der Waals surface area contributed by atoms with Gasteiger partial charge in [-0.1, -0.05) is 334 Å². The molecule has 0 aromatic heterocycles. The van der Waals surface area contributed by atoms with Gasteiger partial charge < -0.3 is 49.1 Å². The summed E-state index contributed by atoms with van der Waals surface area (Å²) in [5.74, 6) is 4.39. The first-order valence-electron chi connectivity index (χ1n) is 45.2. The number of ether oxygens (including phenoxy) is 2. The van der Waals surface area contributed by atoms with E-state index in [2.05, 4.69) is 48.6 Å². The van der Waals surface area contributed by atoms with Gasteiger partial charge in [0.2, 0.25) is 11.8 Å². The maximum atomic E-state index is 11.7. The molecule has 0 heterocycles. The number of quaternary nitrogens is 2. The van der Waals surface area contributed by atoms with Gasteiger partial charge in [-0.2, -0.15) is 0 Å². The molecular formula is C90H180N6O8+2. The highest BCUT2D eigenvalue weighted by molar-refractivity contribution is 5.76. The molecule has 4 aliphatic carbocycles. The van der Waals surface area contributed by atoms with Gasteiger partial charge in [0.25, 0.3) is 0 Å². The second-order valence-corrected chi connectivity index (χ2v) is 36.1. The Bertz CT molecular complexity index is 1900. The van der Waals surface area contributed by atoms with Crippen LogP contribution in [0.25, 0.3) is 0 Å². The van der Waals surface area contributed by atoms with Crippen LogP contribution >= 0.6 is 0 Å². The van der Waals surface area contributed by atoms with Crippen LogP contribution in [0.2, 0.25) is 0 Å². The van der Waals surface area contributed by atoms with Gasteiger partial charge in [0.15, 0.2) is 0 Å². The molecule has 4 N–H and O–H groups in total. The van der Waals surface area contributed by atoms with E-state index in [0.29, 0.717) is 47.7 Å². The smallest absolute Gasteiger partial charge is 0.305 e. The number of rotatable bonds is 64. The van der Waals surface area contributed by atoms with E-state index in [1.807, 2.05) is 42.3 Å². The minimum Gasteiger partial charge on any atom is -0.463 e. The van der Waals surface area contributed by atoms with Gasteiger partial charge in [-0.25, -0.2) is 0 Å². The molecule has 2 atom stereocenters. The third-order valence-electron chi connectivity index (χ3n) is 22.5. The zero-order valence-electron chi connectivity index (χ0n) is 71.1. The zero-order chi connectivity index (χ0) is 76.3. The van der Waals surface area contributed by atoms with E-state index < -0.39 is 12.2 Å². The third-order valence-corrected chi connectivity index (χ3v) is 22.5. The first-order chi connectivity index (χ1) is 50.1. The fraction of sp³-hybridized carbons (Fsp3) is 0.956. The van der Waals surface area contributed by atoms with E-state index in [4.69, 9.17) is 9.47 Å². The molecule has 0 aromatic carbocycles. The Morgan fingerprint density at radius 1 is 0.317 bits per heavy atom. The first-order valence-corrected chi connectivity index (χ1v) is 45.2. The van der Waals surface area contributed by atoms with Crippen LogP contribution in [0.3, 0.4) is 0 Å². The third kappa shape index (κ3) is 72.5. The predicted molar refractivity (Wildman–Crippen MR) is 443 cm³/mol. The molecule has 14 heteroatoms. The summed E-state index contributed by atoms with van der Waals surface area (Å²) in [6.45, 7) is 5.14. The summed E-state index contributed by atoms with van der Waals surface area (Å²) in [6, 6.07) is 0. The fourth-order valence-electron chi connectivity index (χ4n) is 16.3. The van der Waals surface area contributed by atoms with E-state index in [-0.39, 0.29) is 37.0 Å². The molecular weight excluding hydrogens is 1290 g/mol. The molecule has 4 saturated carbocycles. The fourth-order valence-corrected chi connectivity index (χ4v) is 16.3. The highest BCUT2D eigenvalue weighted by atomic mass is 16.5. The highest BCUT2D eigenvalue weighted by Gasteiger charge is 2.21. The van der Waals surface area contributed by atoms with Crippen molar-refractivity contribution in [3.8, 4) is 0 Å². The average molecular weight is 1470 g/mol. The molecule has 0 radical (unpaired) electrons. The van der Waals surface area contributed by atoms with Crippen LogP contribution in [0, 0.1) is 23.7 Å². The van der Waals surface area contributed by atoms with Crippen LogP contribution in [-0.2, 0) is 28.7 Å². The largest absolute Gasteiger partial charge is 0.463 e. The Hall–Kier alpha value is -2.36. The molecule has 4 rings (SSSR count). The van der Waals surface area contributed by atoms with Crippen LogP contribution in [0.4, 0.5) is 0 Å². The summed E-state index contributed by atoms with van der Waals surface area (Å²) >= 11 is 0. The summed E-state index contributed by atoms with van der Waals surface area (Å²) in [5.41, 5.74) is 0. The average Bonchev–Trinajstić information content (AvgIpc) is 1.53. The molecule has 616 valence electrons. The first kappa shape index (κ1) is 99.6. The van der Waals surface area contributed by atoms with E-state index in [0.717, 1.165) is 101 Å². The lowest BCUT2D eigenvalue weighted by Crippen LogP contribution is -2.43. The normalized spacial score (nSPS) is 15.9. The molecule has 4 aliphatic rings. The lowest BCUT2D eigenvalue weighted by atomic mass is 9.99. The number of nitrogens with zero attached hydrogens (tertiary/aromatic N) is 4. The summed E-state index contributed by atoms with van der Waals surface area (Å²) < 4.78 is 11.7. The van der Waals surface area contributed by atoms with Crippen LogP contribution in [0.5, 0.6) is 0 Å². The topological polar surface area (TPSA) is 158 Å². The molecule has 14 nitrogen and oxygen atoms in total.